The molecule has 6 aromatic carbocycles. The second-order valence-electron chi connectivity index (χ2n) is 10.5. The van der Waals surface area contributed by atoms with Crippen molar-refractivity contribution in [1.82, 2.24) is 14.5 Å². The van der Waals surface area contributed by atoms with Gasteiger partial charge in [0.05, 0.1) is 22.1 Å². The lowest BCUT2D eigenvalue weighted by atomic mass is 9.95. The Morgan fingerprint density at radius 2 is 1.08 bits per heavy atom. The van der Waals surface area contributed by atoms with Crippen LogP contribution in [0, 0.1) is 13.8 Å². The van der Waals surface area contributed by atoms with Gasteiger partial charge in [-0.2, -0.15) is 0 Å². The lowest BCUT2D eigenvalue weighted by molar-refractivity contribution is 1.18. The van der Waals surface area contributed by atoms with Crippen molar-refractivity contribution in [1.29, 1.82) is 0 Å². The fourth-order valence-electron chi connectivity index (χ4n) is 6.16. The third-order valence-electron chi connectivity index (χ3n) is 7.96. The van der Waals surface area contributed by atoms with Crippen LogP contribution in [0.4, 0.5) is 0 Å². The zero-order valence-corrected chi connectivity index (χ0v) is 21.8. The fourth-order valence-corrected chi connectivity index (χ4v) is 6.16. The average molecular weight is 500 g/mol. The number of rotatable bonds is 2. The summed E-state index contributed by atoms with van der Waals surface area (Å²) in [7, 11) is 0. The van der Waals surface area contributed by atoms with Crippen molar-refractivity contribution in [3.63, 3.8) is 0 Å². The van der Waals surface area contributed by atoms with Gasteiger partial charge in [0, 0.05) is 39.6 Å². The Kier molecular flexibility index (Phi) is 4.65. The highest BCUT2D eigenvalue weighted by atomic mass is 15.0. The number of nitrogens with zero attached hydrogens (tertiary/aromatic N) is 3. The molecule has 0 fully saturated rings. The van der Waals surface area contributed by atoms with E-state index in [0.29, 0.717) is 0 Å². The van der Waals surface area contributed by atoms with Crippen LogP contribution in [0.2, 0.25) is 0 Å². The van der Waals surface area contributed by atoms with E-state index < -0.39 is 0 Å². The molecule has 0 bridgehead atoms. The van der Waals surface area contributed by atoms with Crippen molar-refractivity contribution in [2.45, 2.75) is 13.8 Å². The van der Waals surface area contributed by atoms with Crippen molar-refractivity contribution in [3.8, 4) is 16.8 Å². The highest BCUT2D eigenvalue weighted by molar-refractivity contribution is 6.23. The van der Waals surface area contributed by atoms with E-state index >= 15 is 0 Å². The van der Waals surface area contributed by atoms with Crippen LogP contribution in [0.15, 0.2) is 116 Å². The summed E-state index contributed by atoms with van der Waals surface area (Å²) in [6, 6.07) is 37.6. The van der Waals surface area contributed by atoms with E-state index in [1.54, 1.807) is 12.4 Å². The van der Waals surface area contributed by atoms with Gasteiger partial charge in [0.2, 0.25) is 0 Å². The molecule has 2 aromatic heterocycles. The van der Waals surface area contributed by atoms with Crippen LogP contribution in [-0.2, 0) is 0 Å². The van der Waals surface area contributed by atoms with E-state index in [1.165, 1.54) is 54.8 Å². The molecule has 0 saturated carbocycles. The van der Waals surface area contributed by atoms with Crippen LogP contribution in [0.25, 0.3) is 71.2 Å². The van der Waals surface area contributed by atoms with Gasteiger partial charge in [0.25, 0.3) is 0 Å². The summed E-state index contributed by atoms with van der Waals surface area (Å²) < 4.78 is 2.40. The monoisotopic (exact) mass is 499 g/mol. The van der Waals surface area contributed by atoms with Crippen LogP contribution < -0.4 is 0 Å². The maximum absolute atomic E-state index is 4.71. The minimum atomic E-state index is 0.947. The van der Waals surface area contributed by atoms with Crippen LogP contribution in [0.3, 0.4) is 0 Å². The molecule has 0 unspecified atom stereocenters. The maximum atomic E-state index is 4.71. The summed E-state index contributed by atoms with van der Waals surface area (Å²) in [5, 5.41) is 7.25. The van der Waals surface area contributed by atoms with Crippen molar-refractivity contribution in [2.24, 2.45) is 0 Å². The number of benzene rings is 6. The first-order valence-electron chi connectivity index (χ1n) is 13.3. The standard InChI is InChI=1S/C36H25N3/c1-22-10-14-33-31(18-22)32-19-23(2)11-15-34(32)39(33)26-7-5-6-24(20-26)25-12-13-29-30(21-25)27-8-3-4-9-28(27)35-36(29)38-17-16-37-35/h3-21H,1-2H3. The van der Waals surface area contributed by atoms with Crippen molar-refractivity contribution in [3.05, 3.63) is 127 Å². The molecule has 0 amide bonds. The number of aromatic nitrogens is 3. The molecule has 3 heteroatoms. The quantitative estimate of drug-likeness (QED) is 0.222. The lowest BCUT2D eigenvalue weighted by Gasteiger charge is -2.13. The summed E-state index contributed by atoms with van der Waals surface area (Å²) in [6.07, 6.45) is 3.56. The van der Waals surface area contributed by atoms with E-state index in [0.717, 1.165) is 27.5 Å². The molecule has 8 aromatic rings. The van der Waals surface area contributed by atoms with Crippen LogP contribution in [0.1, 0.15) is 11.1 Å². The summed E-state index contributed by atoms with van der Waals surface area (Å²) >= 11 is 0. The maximum Gasteiger partial charge on any atom is 0.0971 e. The van der Waals surface area contributed by atoms with Gasteiger partial charge < -0.3 is 4.57 Å². The molecule has 0 aliphatic carbocycles. The van der Waals surface area contributed by atoms with Crippen LogP contribution in [0.5, 0.6) is 0 Å². The average Bonchev–Trinajstić information content (AvgIpc) is 3.29. The molecule has 0 spiro atoms. The third kappa shape index (κ3) is 3.30. The number of hydrogen-bond donors (Lipinski definition) is 0. The van der Waals surface area contributed by atoms with Gasteiger partial charge in [0.15, 0.2) is 0 Å². The van der Waals surface area contributed by atoms with Crippen LogP contribution in [-0.4, -0.2) is 14.5 Å². The lowest BCUT2D eigenvalue weighted by Crippen LogP contribution is -1.94. The molecular formula is C36H25N3. The van der Waals surface area contributed by atoms with Crippen molar-refractivity contribution < 1.29 is 0 Å². The highest BCUT2D eigenvalue weighted by Crippen LogP contribution is 2.37. The number of hydrogen-bond acceptors (Lipinski definition) is 2. The Hall–Kier alpha value is -5.02. The first-order valence-corrected chi connectivity index (χ1v) is 13.3. The Morgan fingerprint density at radius 1 is 0.462 bits per heavy atom. The molecule has 0 aliphatic heterocycles. The second kappa shape index (κ2) is 8.24. The van der Waals surface area contributed by atoms with Crippen molar-refractivity contribution in [2.75, 3.05) is 0 Å². The minimum Gasteiger partial charge on any atom is -0.309 e. The van der Waals surface area contributed by atoms with Gasteiger partial charge in [0.1, 0.15) is 0 Å². The first kappa shape index (κ1) is 22.0. The minimum absolute atomic E-state index is 0.947. The SMILES string of the molecule is Cc1ccc2c(c1)c1cc(C)ccc1n2-c1cccc(-c2ccc3c(c2)c2ccccc2c2nccnc32)c1. The number of aryl methyl sites for hydroxylation is 2. The molecule has 0 atom stereocenters. The summed E-state index contributed by atoms with van der Waals surface area (Å²) in [6.45, 7) is 4.33. The molecule has 0 N–H and O–H groups in total. The molecular weight excluding hydrogens is 474 g/mol. The fraction of sp³-hybridized carbons (Fsp3) is 0.0556. The van der Waals surface area contributed by atoms with E-state index in [9.17, 15) is 0 Å². The summed E-state index contributed by atoms with van der Waals surface area (Å²) in [5.41, 5.74) is 10.4. The molecule has 2 heterocycles. The Labute approximate surface area is 226 Å². The van der Waals surface area contributed by atoms with E-state index in [-0.39, 0.29) is 0 Å². The highest BCUT2D eigenvalue weighted by Gasteiger charge is 2.15. The van der Waals surface area contributed by atoms with E-state index in [2.05, 4.69) is 127 Å². The molecule has 3 nitrogen and oxygen atoms in total. The largest absolute Gasteiger partial charge is 0.309 e. The molecule has 0 saturated heterocycles. The Morgan fingerprint density at radius 3 is 1.77 bits per heavy atom. The Balaban J connectivity index is 1.37. The van der Waals surface area contributed by atoms with Gasteiger partial charge >= 0.3 is 0 Å². The third-order valence-corrected chi connectivity index (χ3v) is 7.96. The molecule has 184 valence electrons. The van der Waals surface area contributed by atoms with Gasteiger partial charge in [-0.3, -0.25) is 9.97 Å². The van der Waals surface area contributed by atoms with Gasteiger partial charge in [-0.15, -0.1) is 0 Å². The molecule has 8 rings (SSSR count). The van der Waals surface area contributed by atoms with E-state index in [4.69, 9.17) is 4.98 Å². The zero-order chi connectivity index (χ0) is 26.1. The van der Waals surface area contributed by atoms with Crippen LogP contribution >= 0.6 is 0 Å². The molecule has 0 aliphatic rings. The Bertz CT molecular complexity index is 2160. The van der Waals surface area contributed by atoms with Gasteiger partial charge in [-0.25, -0.2) is 0 Å². The predicted octanol–water partition coefficient (Wildman–Crippen LogP) is 9.32. The second-order valence-corrected chi connectivity index (χ2v) is 10.5. The van der Waals surface area contributed by atoms with E-state index in [1.807, 2.05) is 0 Å². The van der Waals surface area contributed by atoms with Gasteiger partial charge in [-0.1, -0.05) is 71.8 Å². The summed E-state index contributed by atoms with van der Waals surface area (Å²) in [5.74, 6) is 0. The smallest absolute Gasteiger partial charge is 0.0971 e. The summed E-state index contributed by atoms with van der Waals surface area (Å²) in [4.78, 5) is 9.39. The zero-order valence-electron chi connectivity index (χ0n) is 21.8. The van der Waals surface area contributed by atoms with Gasteiger partial charge in [-0.05, 0) is 78.2 Å². The topological polar surface area (TPSA) is 30.7 Å². The normalized spacial score (nSPS) is 11.8. The molecule has 0 radical (unpaired) electrons. The molecule has 39 heavy (non-hydrogen) atoms. The predicted molar refractivity (Wildman–Crippen MR) is 164 cm³/mol. The first-order chi connectivity index (χ1) is 19.2. The number of fused-ring (bicyclic) bond motifs is 9. The van der Waals surface area contributed by atoms with Crippen molar-refractivity contribution >= 4 is 54.4 Å².